The predicted octanol–water partition coefficient (Wildman–Crippen LogP) is 2.38. The van der Waals surface area contributed by atoms with Crippen LogP contribution in [0.2, 0.25) is 0 Å². The van der Waals surface area contributed by atoms with Crippen molar-refractivity contribution >= 4 is 29.1 Å². The average molecular weight is 373 g/mol. The van der Waals surface area contributed by atoms with E-state index in [1.165, 1.54) is 11.3 Å². The molecule has 1 unspecified atom stereocenters. The van der Waals surface area contributed by atoms with Crippen LogP contribution in [0.4, 0.5) is 19.1 Å². The van der Waals surface area contributed by atoms with Crippen LogP contribution in [0.25, 0.3) is 0 Å². The topological polar surface area (TPSA) is 91.0 Å². The molecule has 2 N–H and O–H groups in total. The van der Waals surface area contributed by atoms with Gasteiger partial charge in [-0.25, -0.2) is 0 Å². The molecule has 2 amide bonds. The molecular weight excluding hydrogens is 359 g/mol. The Hall–Kier alpha value is -2.43. The Morgan fingerprint density at radius 3 is 2.84 bits per heavy atom. The predicted molar refractivity (Wildman–Crippen MR) is 83.0 cm³/mol. The van der Waals surface area contributed by atoms with Crippen LogP contribution in [0, 0.1) is 5.92 Å². The fourth-order valence-corrected chi connectivity index (χ4v) is 3.28. The number of rotatable bonds is 3. The van der Waals surface area contributed by atoms with E-state index >= 15 is 0 Å². The maximum absolute atomic E-state index is 12.5. The molecule has 0 aliphatic carbocycles. The first kappa shape index (κ1) is 17.4. The van der Waals surface area contributed by atoms with Crippen molar-refractivity contribution in [2.45, 2.75) is 19.0 Å². The SMILES string of the molecule is O=C(Nc1n[nH]c(C(F)(F)F)n1)C1CCCN(C(=O)c2cccs2)C1. The van der Waals surface area contributed by atoms with Gasteiger partial charge in [-0.1, -0.05) is 6.07 Å². The average Bonchev–Trinajstić information content (AvgIpc) is 3.25. The largest absolute Gasteiger partial charge is 0.451 e. The molecule has 25 heavy (non-hydrogen) atoms. The molecule has 11 heteroatoms. The van der Waals surface area contributed by atoms with E-state index in [4.69, 9.17) is 0 Å². The molecule has 134 valence electrons. The second kappa shape index (κ2) is 6.82. The zero-order chi connectivity index (χ0) is 18.0. The van der Waals surface area contributed by atoms with E-state index in [0.29, 0.717) is 24.3 Å². The Labute approximate surface area is 144 Å². The third-order valence-electron chi connectivity index (χ3n) is 3.80. The quantitative estimate of drug-likeness (QED) is 0.864. The van der Waals surface area contributed by atoms with Crippen LogP contribution in [-0.2, 0) is 11.0 Å². The minimum absolute atomic E-state index is 0.148. The Balaban J connectivity index is 1.62. The highest BCUT2D eigenvalue weighted by molar-refractivity contribution is 7.12. The van der Waals surface area contributed by atoms with Gasteiger partial charge in [-0.2, -0.15) is 18.2 Å². The first-order valence-corrected chi connectivity index (χ1v) is 8.36. The van der Waals surface area contributed by atoms with Crippen LogP contribution in [0.15, 0.2) is 17.5 Å². The molecule has 1 atom stereocenters. The van der Waals surface area contributed by atoms with E-state index < -0.39 is 29.8 Å². The summed E-state index contributed by atoms with van der Waals surface area (Å²) in [5.74, 6) is -2.88. The Kier molecular flexibility index (Phi) is 4.75. The van der Waals surface area contributed by atoms with Gasteiger partial charge in [0, 0.05) is 13.1 Å². The lowest BCUT2D eigenvalue weighted by Gasteiger charge is -2.31. The van der Waals surface area contributed by atoms with Gasteiger partial charge in [0.15, 0.2) is 0 Å². The molecule has 2 aromatic heterocycles. The number of amides is 2. The molecule has 0 radical (unpaired) electrons. The van der Waals surface area contributed by atoms with Crippen LogP contribution in [0.3, 0.4) is 0 Å². The van der Waals surface area contributed by atoms with Gasteiger partial charge in [-0.3, -0.25) is 20.0 Å². The minimum Gasteiger partial charge on any atom is -0.337 e. The van der Waals surface area contributed by atoms with Gasteiger partial charge in [0.05, 0.1) is 10.8 Å². The molecule has 0 bridgehead atoms. The van der Waals surface area contributed by atoms with Crippen molar-refractivity contribution < 1.29 is 22.8 Å². The normalized spacial score (nSPS) is 18.2. The molecule has 0 aromatic carbocycles. The van der Waals surface area contributed by atoms with Crippen molar-refractivity contribution in [1.82, 2.24) is 20.1 Å². The van der Waals surface area contributed by atoms with E-state index in [0.717, 1.165) is 0 Å². The number of hydrogen-bond acceptors (Lipinski definition) is 5. The second-order valence-electron chi connectivity index (χ2n) is 5.56. The van der Waals surface area contributed by atoms with Gasteiger partial charge in [-0.15, -0.1) is 16.4 Å². The van der Waals surface area contributed by atoms with Crippen LogP contribution < -0.4 is 5.32 Å². The van der Waals surface area contributed by atoms with Crippen molar-refractivity contribution in [2.24, 2.45) is 5.92 Å². The maximum atomic E-state index is 12.5. The van der Waals surface area contributed by atoms with Gasteiger partial charge in [0.1, 0.15) is 0 Å². The molecule has 2 aromatic rings. The lowest BCUT2D eigenvalue weighted by atomic mass is 9.97. The number of nitrogens with zero attached hydrogens (tertiary/aromatic N) is 3. The summed E-state index contributed by atoms with van der Waals surface area (Å²) in [6, 6.07) is 3.48. The number of aromatic amines is 1. The molecule has 1 aliphatic heterocycles. The maximum Gasteiger partial charge on any atom is 0.451 e. The monoisotopic (exact) mass is 373 g/mol. The molecule has 0 saturated carbocycles. The van der Waals surface area contributed by atoms with Crippen LogP contribution in [0.1, 0.15) is 28.3 Å². The first-order valence-electron chi connectivity index (χ1n) is 7.48. The molecule has 7 nitrogen and oxygen atoms in total. The van der Waals surface area contributed by atoms with Crippen molar-refractivity contribution in [3.63, 3.8) is 0 Å². The first-order chi connectivity index (χ1) is 11.8. The number of nitrogens with one attached hydrogen (secondary N) is 2. The Morgan fingerprint density at radius 2 is 2.20 bits per heavy atom. The second-order valence-corrected chi connectivity index (χ2v) is 6.51. The molecule has 0 spiro atoms. The number of aromatic nitrogens is 3. The molecule has 1 aliphatic rings. The number of carbonyl (C=O) groups is 2. The third-order valence-corrected chi connectivity index (χ3v) is 4.66. The van der Waals surface area contributed by atoms with Crippen LogP contribution >= 0.6 is 11.3 Å². The molecule has 3 heterocycles. The zero-order valence-electron chi connectivity index (χ0n) is 12.8. The summed E-state index contributed by atoms with van der Waals surface area (Å²) in [4.78, 5) is 30.0. The smallest absolute Gasteiger partial charge is 0.337 e. The van der Waals surface area contributed by atoms with Gasteiger partial charge < -0.3 is 4.90 Å². The zero-order valence-corrected chi connectivity index (χ0v) is 13.7. The number of hydrogen-bond donors (Lipinski definition) is 2. The highest BCUT2D eigenvalue weighted by atomic mass is 32.1. The number of thiophene rings is 1. The summed E-state index contributed by atoms with van der Waals surface area (Å²) in [6.07, 6.45) is -3.49. The molecule has 1 saturated heterocycles. The van der Waals surface area contributed by atoms with Crippen molar-refractivity contribution in [3.8, 4) is 0 Å². The van der Waals surface area contributed by atoms with Gasteiger partial charge in [0.2, 0.25) is 17.7 Å². The van der Waals surface area contributed by atoms with Gasteiger partial charge in [0.25, 0.3) is 5.91 Å². The summed E-state index contributed by atoms with van der Waals surface area (Å²) in [5, 5.41) is 9.15. The Morgan fingerprint density at radius 1 is 1.40 bits per heavy atom. The van der Waals surface area contributed by atoms with Crippen LogP contribution in [-0.4, -0.2) is 45.0 Å². The Bertz CT molecular complexity index is 759. The fourth-order valence-electron chi connectivity index (χ4n) is 2.59. The van der Waals surface area contributed by atoms with Crippen molar-refractivity contribution in [3.05, 3.63) is 28.2 Å². The summed E-state index contributed by atoms with van der Waals surface area (Å²) in [5.41, 5.74) is 0. The number of piperidine rings is 1. The van der Waals surface area contributed by atoms with Crippen molar-refractivity contribution in [2.75, 3.05) is 18.4 Å². The van der Waals surface area contributed by atoms with E-state index in [2.05, 4.69) is 15.4 Å². The van der Waals surface area contributed by atoms with Gasteiger partial charge in [-0.05, 0) is 24.3 Å². The summed E-state index contributed by atoms with van der Waals surface area (Å²) < 4.78 is 37.4. The third kappa shape index (κ3) is 3.98. The molecular formula is C14H14F3N5O2S. The highest BCUT2D eigenvalue weighted by Gasteiger charge is 2.36. The standard InChI is InChI=1S/C14H14F3N5O2S/c15-14(16,17)12-19-13(21-20-12)18-10(23)8-3-1-5-22(7-8)11(24)9-4-2-6-25-9/h2,4,6,8H,1,3,5,7H2,(H2,18,19,20,21,23). The lowest BCUT2D eigenvalue weighted by molar-refractivity contribution is -0.144. The minimum atomic E-state index is -4.66. The van der Waals surface area contributed by atoms with Crippen LogP contribution in [0.5, 0.6) is 0 Å². The number of H-pyrrole nitrogens is 1. The lowest BCUT2D eigenvalue weighted by Crippen LogP contribution is -2.43. The number of halogens is 3. The van der Waals surface area contributed by atoms with E-state index in [1.54, 1.807) is 27.5 Å². The molecule has 1 fully saturated rings. The fraction of sp³-hybridized carbons (Fsp3) is 0.429. The summed E-state index contributed by atoms with van der Waals surface area (Å²) in [6.45, 7) is 0.749. The van der Waals surface area contributed by atoms with E-state index in [9.17, 15) is 22.8 Å². The van der Waals surface area contributed by atoms with E-state index in [-0.39, 0.29) is 12.5 Å². The summed E-state index contributed by atoms with van der Waals surface area (Å²) in [7, 11) is 0. The van der Waals surface area contributed by atoms with Gasteiger partial charge >= 0.3 is 6.18 Å². The number of anilines is 1. The summed E-state index contributed by atoms with van der Waals surface area (Å²) >= 11 is 1.32. The van der Waals surface area contributed by atoms with Crippen molar-refractivity contribution in [1.29, 1.82) is 0 Å². The highest BCUT2D eigenvalue weighted by Crippen LogP contribution is 2.26. The molecule has 3 rings (SSSR count). The number of likely N-dealkylation sites (tertiary alicyclic amines) is 1. The number of alkyl halides is 3. The van der Waals surface area contributed by atoms with E-state index in [1.807, 2.05) is 0 Å². The number of carbonyl (C=O) groups excluding carboxylic acids is 2.